The molecule has 0 atom stereocenters. The molecule has 1 heterocycles. The Kier molecular flexibility index (Phi) is 5.37. The molecule has 0 aliphatic carbocycles. The molecule has 116 valence electrons. The summed E-state index contributed by atoms with van der Waals surface area (Å²) in [5.41, 5.74) is 2.92. The summed E-state index contributed by atoms with van der Waals surface area (Å²) in [6, 6.07) is 4.10. The lowest BCUT2D eigenvalue weighted by molar-refractivity contribution is -0.113. The normalized spacial score (nSPS) is 10.6. The van der Waals surface area contributed by atoms with Crippen molar-refractivity contribution in [1.29, 1.82) is 0 Å². The first-order valence-electron chi connectivity index (χ1n) is 6.56. The number of anilines is 1. The van der Waals surface area contributed by atoms with Crippen molar-refractivity contribution in [3.05, 3.63) is 46.0 Å². The predicted molar refractivity (Wildman–Crippen MR) is 87.0 cm³/mol. The molecule has 1 aromatic heterocycles. The average molecular weight is 340 g/mol. The van der Waals surface area contributed by atoms with E-state index in [1.807, 2.05) is 20.8 Å². The molecule has 0 spiro atoms. The summed E-state index contributed by atoms with van der Waals surface area (Å²) in [4.78, 5) is 20.5. The Morgan fingerprint density at radius 3 is 2.50 bits per heavy atom. The molecule has 22 heavy (non-hydrogen) atoms. The second-order valence-corrected chi connectivity index (χ2v) is 6.14. The summed E-state index contributed by atoms with van der Waals surface area (Å²) < 4.78 is 13.6. The summed E-state index contributed by atoms with van der Waals surface area (Å²) >= 11 is 6.87. The Hall–Kier alpha value is -1.66. The topological polar surface area (TPSA) is 54.9 Å². The maximum atomic E-state index is 13.6. The van der Waals surface area contributed by atoms with Crippen LogP contribution >= 0.6 is 23.4 Å². The van der Waals surface area contributed by atoms with Crippen LogP contribution < -0.4 is 5.32 Å². The van der Waals surface area contributed by atoms with Crippen molar-refractivity contribution in [1.82, 2.24) is 9.97 Å². The average Bonchev–Trinajstić information content (AvgIpc) is 2.45. The summed E-state index contributed by atoms with van der Waals surface area (Å²) in [5, 5.41) is 3.32. The SMILES string of the molecule is Cc1nc(SCC(=O)Nc2ccc(Cl)cc2F)nc(C)c1C. The van der Waals surface area contributed by atoms with Crippen molar-refractivity contribution in [3.63, 3.8) is 0 Å². The van der Waals surface area contributed by atoms with Gasteiger partial charge in [0.25, 0.3) is 0 Å². The van der Waals surface area contributed by atoms with Crippen LogP contribution in [0.15, 0.2) is 23.4 Å². The van der Waals surface area contributed by atoms with E-state index in [4.69, 9.17) is 11.6 Å². The molecule has 1 aromatic carbocycles. The van der Waals surface area contributed by atoms with Crippen LogP contribution in [0.3, 0.4) is 0 Å². The first-order chi connectivity index (χ1) is 10.4. The molecule has 1 N–H and O–H groups in total. The van der Waals surface area contributed by atoms with Gasteiger partial charge in [-0.25, -0.2) is 14.4 Å². The van der Waals surface area contributed by atoms with Crippen molar-refractivity contribution in [2.45, 2.75) is 25.9 Å². The van der Waals surface area contributed by atoms with E-state index >= 15 is 0 Å². The molecule has 0 aliphatic rings. The number of amides is 1. The Balaban J connectivity index is 1.98. The number of nitrogens with one attached hydrogen (secondary N) is 1. The van der Waals surface area contributed by atoms with Crippen LogP contribution in [0.5, 0.6) is 0 Å². The van der Waals surface area contributed by atoms with Gasteiger partial charge in [-0.2, -0.15) is 0 Å². The van der Waals surface area contributed by atoms with Crippen LogP contribution in [0.1, 0.15) is 17.0 Å². The maximum absolute atomic E-state index is 13.6. The van der Waals surface area contributed by atoms with E-state index < -0.39 is 5.82 Å². The second-order valence-electron chi connectivity index (χ2n) is 4.76. The largest absolute Gasteiger partial charge is 0.323 e. The maximum Gasteiger partial charge on any atom is 0.234 e. The smallest absolute Gasteiger partial charge is 0.234 e. The highest BCUT2D eigenvalue weighted by atomic mass is 35.5. The van der Waals surface area contributed by atoms with Crippen molar-refractivity contribution in [2.75, 3.05) is 11.1 Å². The number of nitrogens with zero attached hydrogens (tertiary/aromatic N) is 2. The molecule has 1 amide bonds. The molecular formula is C15H15ClFN3OS. The number of carbonyl (C=O) groups excluding carboxylic acids is 1. The third-order valence-electron chi connectivity index (χ3n) is 3.15. The fourth-order valence-electron chi connectivity index (χ4n) is 1.71. The zero-order valence-corrected chi connectivity index (χ0v) is 14.0. The summed E-state index contributed by atoms with van der Waals surface area (Å²) in [6.07, 6.45) is 0. The molecular weight excluding hydrogens is 325 g/mol. The minimum absolute atomic E-state index is 0.101. The molecule has 0 saturated carbocycles. The number of aryl methyl sites for hydroxylation is 2. The number of halogens is 2. The van der Waals surface area contributed by atoms with Gasteiger partial charge in [0.2, 0.25) is 5.91 Å². The van der Waals surface area contributed by atoms with Crippen molar-refractivity contribution < 1.29 is 9.18 Å². The van der Waals surface area contributed by atoms with E-state index in [1.54, 1.807) is 0 Å². The molecule has 0 saturated heterocycles. The lowest BCUT2D eigenvalue weighted by Crippen LogP contribution is -2.15. The van der Waals surface area contributed by atoms with Gasteiger partial charge in [0.15, 0.2) is 5.16 Å². The first-order valence-corrected chi connectivity index (χ1v) is 7.92. The number of thioether (sulfide) groups is 1. The van der Waals surface area contributed by atoms with E-state index in [1.165, 1.54) is 23.9 Å². The Bertz CT molecular complexity index is 701. The van der Waals surface area contributed by atoms with Gasteiger partial charge in [0.05, 0.1) is 11.4 Å². The summed E-state index contributed by atoms with van der Waals surface area (Å²) in [5.74, 6) is -0.792. The van der Waals surface area contributed by atoms with Crippen LogP contribution in [-0.4, -0.2) is 21.6 Å². The molecule has 0 aliphatic heterocycles. The number of rotatable bonds is 4. The highest BCUT2D eigenvalue weighted by Gasteiger charge is 2.10. The van der Waals surface area contributed by atoms with E-state index in [-0.39, 0.29) is 22.4 Å². The summed E-state index contributed by atoms with van der Waals surface area (Å²) in [7, 11) is 0. The minimum atomic E-state index is -0.566. The molecule has 0 fully saturated rings. The number of hydrogen-bond donors (Lipinski definition) is 1. The minimum Gasteiger partial charge on any atom is -0.323 e. The standard InChI is InChI=1S/C15H15ClFN3OS/c1-8-9(2)18-15(19-10(8)3)22-7-14(21)20-13-5-4-11(16)6-12(13)17/h4-6H,7H2,1-3H3,(H,20,21). The molecule has 4 nitrogen and oxygen atoms in total. The first kappa shape index (κ1) is 16.7. The molecule has 2 rings (SSSR count). The molecule has 0 radical (unpaired) electrons. The van der Waals surface area contributed by atoms with Crippen molar-refractivity contribution in [2.24, 2.45) is 0 Å². The Labute approximate surface area is 137 Å². The lowest BCUT2D eigenvalue weighted by Gasteiger charge is -2.08. The van der Waals surface area contributed by atoms with Crippen LogP contribution in [0.25, 0.3) is 0 Å². The Morgan fingerprint density at radius 2 is 1.91 bits per heavy atom. The van der Waals surface area contributed by atoms with Crippen LogP contribution in [0.2, 0.25) is 5.02 Å². The predicted octanol–water partition coefficient (Wildman–Crippen LogP) is 3.93. The third-order valence-corrected chi connectivity index (χ3v) is 4.23. The highest BCUT2D eigenvalue weighted by Crippen LogP contribution is 2.20. The molecule has 7 heteroatoms. The fourth-order valence-corrected chi connectivity index (χ4v) is 2.61. The van der Waals surface area contributed by atoms with E-state index in [2.05, 4.69) is 15.3 Å². The number of benzene rings is 1. The molecule has 0 bridgehead atoms. The van der Waals surface area contributed by atoms with Gasteiger partial charge in [-0.3, -0.25) is 4.79 Å². The zero-order chi connectivity index (χ0) is 16.3. The van der Waals surface area contributed by atoms with E-state index in [9.17, 15) is 9.18 Å². The van der Waals surface area contributed by atoms with Crippen LogP contribution in [0, 0.1) is 26.6 Å². The van der Waals surface area contributed by atoms with Gasteiger partial charge in [0.1, 0.15) is 5.82 Å². The summed E-state index contributed by atoms with van der Waals surface area (Å²) in [6.45, 7) is 5.75. The monoisotopic (exact) mass is 339 g/mol. The van der Waals surface area contributed by atoms with Crippen molar-refractivity contribution >= 4 is 35.0 Å². The molecule has 2 aromatic rings. The number of hydrogen-bond acceptors (Lipinski definition) is 4. The van der Waals surface area contributed by atoms with Crippen molar-refractivity contribution in [3.8, 4) is 0 Å². The van der Waals surface area contributed by atoms with Gasteiger partial charge in [-0.05, 0) is 44.5 Å². The van der Waals surface area contributed by atoms with Gasteiger partial charge in [-0.1, -0.05) is 23.4 Å². The lowest BCUT2D eigenvalue weighted by atomic mass is 10.2. The van der Waals surface area contributed by atoms with Gasteiger partial charge >= 0.3 is 0 Å². The third kappa shape index (κ3) is 4.18. The molecule has 0 unspecified atom stereocenters. The number of carbonyl (C=O) groups is 1. The quantitative estimate of drug-likeness (QED) is 0.677. The fraction of sp³-hybridized carbons (Fsp3) is 0.267. The van der Waals surface area contributed by atoms with Gasteiger partial charge in [0, 0.05) is 16.4 Å². The second kappa shape index (κ2) is 7.07. The van der Waals surface area contributed by atoms with Gasteiger partial charge < -0.3 is 5.32 Å². The number of aromatic nitrogens is 2. The Morgan fingerprint density at radius 1 is 1.27 bits per heavy atom. The van der Waals surface area contributed by atoms with Crippen LogP contribution in [0.4, 0.5) is 10.1 Å². The van der Waals surface area contributed by atoms with E-state index in [0.717, 1.165) is 23.0 Å². The highest BCUT2D eigenvalue weighted by molar-refractivity contribution is 7.99. The van der Waals surface area contributed by atoms with Gasteiger partial charge in [-0.15, -0.1) is 0 Å². The zero-order valence-electron chi connectivity index (χ0n) is 12.4. The van der Waals surface area contributed by atoms with E-state index in [0.29, 0.717) is 5.16 Å². The van der Waals surface area contributed by atoms with Crippen LogP contribution in [-0.2, 0) is 4.79 Å².